The normalized spacial score (nSPS) is 10.9. The molecule has 0 fully saturated rings. The van der Waals surface area contributed by atoms with Crippen LogP contribution in [0.15, 0.2) is 0 Å². The van der Waals surface area contributed by atoms with Crippen LogP contribution in [0.3, 0.4) is 0 Å². The number of hydrogen-bond donors (Lipinski definition) is 0. The van der Waals surface area contributed by atoms with Gasteiger partial charge in [-0.15, -0.1) is 0 Å². The summed E-state index contributed by atoms with van der Waals surface area (Å²) in [7, 11) is 0. The molecule has 1 nitrogen and oxygen atoms in total. The van der Waals surface area contributed by atoms with Crippen molar-refractivity contribution in [3.8, 4) is 0 Å². The summed E-state index contributed by atoms with van der Waals surface area (Å²) >= 11 is 3.49. The van der Waals surface area contributed by atoms with Gasteiger partial charge in [-0.3, -0.25) is 0 Å². The molecule has 0 atom stereocenters. The highest BCUT2D eigenvalue weighted by Gasteiger charge is 2.18. The van der Waals surface area contributed by atoms with E-state index < -0.39 is 0 Å². The highest BCUT2D eigenvalue weighted by atomic mass is 79.9. The molecule has 0 saturated heterocycles. The first kappa shape index (κ1) is 14.3. The Hall–Kier alpha value is 0.730. The lowest BCUT2D eigenvalue weighted by Gasteiger charge is -2.35. The zero-order chi connectivity index (χ0) is 8.04. The van der Waals surface area contributed by atoms with Crippen molar-refractivity contribution in [2.45, 2.75) is 20.8 Å². The van der Waals surface area contributed by atoms with Crippen LogP contribution in [0.1, 0.15) is 20.8 Å². The maximum atomic E-state index is 3.49. The van der Waals surface area contributed by atoms with Crippen LogP contribution in [-0.4, -0.2) is 36.0 Å². The first-order chi connectivity index (χ1) is 4.74. The molecule has 0 aliphatic heterocycles. The van der Waals surface area contributed by atoms with Crippen molar-refractivity contribution in [3.63, 3.8) is 0 Å². The Balaban J connectivity index is 0. The quantitative estimate of drug-likeness (QED) is 0.442. The molecule has 0 aromatic heterocycles. The second-order valence-electron chi connectivity index (χ2n) is 2.70. The third-order valence-corrected chi connectivity index (χ3v) is 2.93. The van der Waals surface area contributed by atoms with Gasteiger partial charge in [-0.2, -0.15) is 0 Å². The minimum Gasteiger partial charge on any atom is -1.00 e. The van der Waals surface area contributed by atoms with Gasteiger partial charge in [0.2, 0.25) is 0 Å². The largest absolute Gasteiger partial charge is 1.00 e. The predicted octanol–water partition coefficient (Wildman–Crippen LogP) is -0.738. The van der Waals surface area contributed by atoms with Crippen LogP contribution in [0.25, 0.3) is 0 Å². The highest BCUT2D eigenvalue weighted by molar-refractivity contribution is 9.09. The van der Waals surface area contributed by atoms with Crippen molar-refractivity contribution in [1.82, 2.24) is 0 Å². The monoisotopic (exact) mass is 243 g/mol. The van der Waals surface area contributed by atoms with Gasteiger partial charge in [-0.1, -0.05) is 15.9 Å². The molecule has 0 unspecified atom stereocenters. The number of hydrogen-bond acceptors (Lipinski definition) is 0. The summed E-state index contributed by atoms with van der Waals surface area (Å²) in [5.74, 6) is 0. The average molecular weight is 245 g/mol. The van der Waals surface area contributed by atoms with Crippen molar-refractivity contribution in [2.75, 3.05) is 31.5 Å². The van der Waals surface area contributed by atoms with Gasteiger partial charge in [0.05, 0.1) is 31.5 Å². The van der Waals surface area contributed by atoms with E-state index in [1.54, 1.807) is 0 Å². The number of halogens is 2. The standard InChI is InChI=1S/C8H19BrN.ClH/c1-4-10(5-2,6-3)8-7-9;/h4-8H2,1-3H3;1H/q+1;/p-1. The Labute approximate surface area is 85.3 Å². The topological polar surface area (TPSA) is 0 Å². The Bertz CT molecular complexity index is 75.9. The molecule has 0 aliphatic carbocycles. The first-order valence-electron chi connectivity index (χ1n) is 4.15. The van der Waals surface area contributed by atoms with E-state index in [2.05, 4.69) is 36.7 Å². The Morgan fingerprint density at radius 3 is 1.45 bits per heavy atom. The summed E-state index contributed by atoms with van der Waals surface area (Å²) in [4.78, 5) is 0. The van der Waals surface area contributed by atoms with Gasteiger partial charge in [0.25, 0.3) is 0 Å². The fourth-order valence-corrected chi connectivity index (χ4v) is 2.08. The molecule has 0 N–H and O–H groups in total. The minimum absolute atomic E-state index is 0. The number of quaternary nitrogens is 1. The third kappa shape index (κ3) is 4.34. The van der Waals surface area contributed by atoms with E-state index in [1.165, 1.54) is 30.7 Å². The molecule has 0 rings (SSSR count). The van der Waals surface area contributed by atoms with E-state index in [-0.39, 0.29) is 12.4 Å². The van der Waals surface area contributed by atoms with Crippen molar-refractivity contribution in [2.24, 2.45) is 0 Å². The molecule has 0 heterocycles. The summed E-state index contributed by atoms with van der Waals surface area (Å²) in [6.45, 7) is 11.9. The van der Waals surface area contributed by atoms with Crippen molar-refractivity contribution < 1.29 is 16.9 Å². The summed E-state index contributed by atoms with van der Waals surface area (Å²) in [6, 6.07) is 0. The number of rotatable bonds is 5. The van der Waals surface area contributed by atoms with Gasteiger partial charge in [0, 0.05) is 0 Å². The van der Waals surface area contributed by atoms with E-state index in [0.29, 0.717) is 0 Å². The van der Waals surface area contributed by atoms with E-state index in [1.807, 2.05) is 0 Å². The molecule has 0 spiro atoms. The molecule has 11 heavy (non-hydrogen) atoms. The maximum absolute atomic E-state index is 3.49. The third-order valence-electron chi connectivity index (χ3n) is 2.57. The van der Waals surface area contributed by atoms with Crippen LogP contribution in [-0.2, 0) is 0 Å². The molecule has 0 bridgehead atoms. The SMILES string of the molecule is CC[N+](CC)(CC)CCBr.[Cl-]. The average Bonchev–Trinajstić information content (AvgIpc) is 2.01. The lowest BCUT2D eigenvalue weighted by atomic mass is 10.3. The molecule has 70 valence electrons. The van der Waals surface area contributed by atoms with E-state index in [0.717, 1.165) is 5.33 Å². The van der Waals surface area contributed by atoms with Crippen molar-refractivity contribution >= 4 is 15.9 Å². The fourth-order valence-electron chi connectivity index (χ4n) is 1.32. The van der Waals surface area contributed by atoms with E-state index in [9.17, 15) is 0 Å². The van der Waals surface area contributed by atoms with Crippen LogP contribution < -0.4 is 12.4 Å². The van der Waals surface area contributed by atoms with Gasteiger partial charge in [-0.05, 0) is 20.8 Å². The van der Waals surface area contributed by atoms with Crippen molar-refractivity contribution in [3.05, 3.63) is 0 Å². The van der Waals surface area contributed by atoms with Gasteiger partial charge in [0.1, 0.15) is 0 Å². The Morgan fingerprint density at radius 2 is 1.36 bits per heavy atom. The molecular formula is C8H19BrClN. The molecule has 0 saturated carbocycles. The molecule has 0 radical (unpaired) electrons. The van der Waals surface area contributed by atoms with Crippen LogP contribution in [0.2, 0.25) is 0 Å². The van der Waals surface area contributed by atoms with E-state index >= 15 is 0 Å². The maximum Gasteiger partial charge on any atom is 0.0884 e. The summed E-state index contributed by atoms with van der Waals surface area (Å²) in [5.41, 5.74) is 0. The van der Waals surface area contributed by atoms with Gasteiger partial charge >= 0.3 is 0 Å². The Kier molecular flexibility index (Phi) is 9.57. The molecule has 0 aromatic rings. The molecule has 3 heteroatoms. The van der Waals surface area contributed by atoms with Crippen LogP contribution in [0.5, 0.6) is 0 Å². The predicted molar refractivity (Wildman–Crippen MR) is 50.5 cm³/mol. The second-order valence-corrected chi connectivity index (χ2v) is 3.50. The number of alkyl halides is 1. The van der Waals surface area contributed by atoms with Gasteiger partial charge < -0.3 is 16.9 Å². The number of nitrogens with zero attached hydrogens (tertiary/aromatic N) is 1. The zero-order valence-corrected chi connectivity index (χ0v) is 10.1. The van der Waals surface area contributed by atoms with E-state index in [4.69, 9.17) is 0 Å². The Morgan fingerprint density at radius 1 is 1.00 bits per heavy atom. The van der Waals surface area contributed by atoms with Crippen LogP contribution in [0, 0.1) is 0 Å². The van der Waals surface area contributed by atoms with Crippen LogP contribution >= 0.6 is 15.9 Å². The molecule has 0 amide bonds. The lowest BCUT2D eigenvalue weighted by Crippen LogP contribution is -3.00. The van der Waals surface area contributed by atoms with Gasteiger partial charge in [-0.25, -0.2) is 0 Å². The molecular weight excluding hydrogens is 225 g/mol. The first-order valence-corrected chi connectivity index (χ1v) is 5.27. The second kappa shape index (κ2) is 7.38. The zero-order valence-electron chi connectivity index (χ0n) is 7.74. The fraction of sp³-hybridized carbons (Fsp3) is 1.00. The smallest absolute Gasteiger partial charge is 0.0884 e. The highest BCUT2D eigenvalue weighted by Crippen LogP contribution is 2.05. The molecule has 0 aromatic carbocycles. The summed E-state index contributed by atoms with van der Waals surface area (Å²) < 4.78 is 1.26. The summed E-state index contributed by atoms with van der Waals surface area (Å²) in [6.07, 6.45) is 0. The van der Waals surface area contributed by atoms with Gasteiger partial charge in [0.15, 0.2) is 0 Å². The van der Waals surface area contributed by atoms with Crippen molar-refractivity contribution in [1.29, 1.82) is 0 Å². The van der Waals surface area contributed by atoms with Crippen LogP contribution in [0.4, 0.5) is 0 Å². The molecule has 0 aliphatic rings. The summed E-state index contributed by atoms with van der Waals surface area (Å²) in [5, 5.41) is 1.13. The lowest BCUT2D eigenvalue weighted by molar-refractivity contribution is -0.920. The minimum atomic E-state index is 0.